The van der Waals surface area contributed by atoms with E-state index in [9.17, 15) is 0 Å². The predicted molar refractivity (Wildman–Crippen MR) is 81.8 cm³/mol. The van der Waals surface area contributed by atoms with Gasteiger partial charge in [-0.25, -0.2) is 0 Å². The first-order valence-electron chi connectivity index (χ1n) is 6.22. The Labute approximate surface area is 118 Å². The van der Waals surface area contributed by atoms with Crippen molar-refractivity contribution in [3.05, 3.63) is 35.4 Å². The number of rotatable bonds is 1. The van der Waals surface area contributed by atoms with Crippen molar-refractivity contribution in [3.63, 3.8) is 0 Å². The van der Waals surface area contributed by atoms with Gasteiger partial charge < -0.3 is 0 Å². The number of benzene rings is 1. The van der Waals surface area contributed by atoms with E-state index in [4.69, 9.17) is 5.26 Å². The summed E-state index contributed by atoms with van der Waals surface area (Å²) in [4.78, 5) is 0. The van der Waals surface area contributed by atoms with Crippen LogP contribution in [-0.4, -0.2) is 10.8 Å². The van der Waals surface area contributed by atoms with E-state index >= 15 is 0 Å². The molecule has 18 heavy (non-hydrogen) atoms. The molecule has 0 amide bonds. The first-order valence-corrected chi connectivity index (χ1v) is 8.42. The third-order valence-electron chi connectivity index (χ3n) is 3.47. The Hall–Kier alpha value is -0.590. The Bertz CT molecular complexity index is 439. The monoisotopic (exact) mass is 277 g/mol. The van der Waals surface area contributed by atoms with Gasteiger partial charge in [-0.2, -0.15) is 17.0 Å². The molecule has 1 aromatic rings. The number of hydrogen-bond acceptors (Lipinski definition) is 3. The van der Waals surface area contributed by atoms with Crippen molar-refractivity contribution < 1.29 is 0 Å². The molecule has 0 radical (unpaired) electrons. The van der Waals surface area contributed by atoms with Crippen LogP contribution in [0.15, 0.2) is 24.3 Å². The zero-order valence-electron chi connectivity index (χ0n) is 11.1. The van der Waals surface area contributed by atoms with E-state index in [0.29, 0.717) is 16.6 Å². The second-order valence-corrected chi connectivity index (χ2v) is 8.31. The van der Waals surface area contributed by atoms with Gasteiger partial charge in [-0.1, -0.05) is 32.9 Å². The fourth-order valence-electron chi connectivity index (χ4n) is 2.28. The van der Waals surface area contributed by atoms with Gasteiger partial charge in [-0.15, -0.1) is 11.8 Å². The molecule has 1 saturated heterocycles. The van der Waals surface area contributed by atoms with Crippen LogP contribution < -0.4 is 0 Å². The van der Waals surface area contributed by atoms with Gasteiger partial charge in [-0.3, -0.25) is 0 Å². The summed E-state index contributed by atoms with van der Waals surface area (Å²) < 4.78 is 0. The Morgan fingerprint density at radius 2 is 1.89 bits per heavy atom. The van der Waals surface area contributed by atoms with Gasteiger partial charge in [0, 0.05) is 10.3 Å². The van der Waals surface area contributed by atoms with Crippen LogP contribution in [0.1, 0.15) is 37.1 Å². The smallest absolute Gasteiger partial charge is 0.0991 e. The molecule has 3 heteroatoms. The van der Waals surface area contributed by atoms with E-state index in [1.807, 2.05) is 35.7 Å². The molecule has 1 aromatic carbocycles. The molecule has 0 N–H and O–H groups in total. The van der Waals surface area contributed by atoms with Crippen molar-refractivity contribution in [3.8, 4) is 6.07 Å². The number of nitrogens with zero attached hydrogens (tertiary/aromatic N) is 1. The lowest BCUT2D eigenvalue weighted by Gasteiger charge is -2.40. The normalized spacial score (nSPS) is 24.6. The summed E-state index contributed by atoms with van der Waals surface area (Å²) >= 11 is 4.09. The summed E-state index contributed by atoms with van der Waals surface area (Å²) in [5.74, 6) is 1.93. The van der Waals surface area contributed by atoms with Crippen LogP contribution in [0.3, 0.4) is 0 Å². The standard InChI is InChI=1S/C15H19NS2/c1-15(2,3)13-9-17-10-18-14(13)12-6-4-11(8-16)5-7-12/h4-7,13-14H,9-10H2,1-3H3. The highest BCUT2D eigenvalue weighted by atomic mass is 32.2. The van der Waals surface area contributed by atoms with Crippen LogP contribution in [0, 0.1) is 22.7 Å². The molecule has 0 spiro atoms. The average Bonchev–Trinajstić information content (AvgIpc) is 2.38. The van der Waals surface area contributed by atoms with Crippen molar-refractivity contribution in [2.45, 2.75) is 26.0 Å². The van der Waals surface area contributed by atoms with Gasteiger partial charge in [0.25, 0.3) is 0 Å². The highest BCUT2D eigenvalue weighted by Gasteiger charge is 2.35. The molecule has 1 heterocycles. The molecule has 2 rings (SSSR count). The number of hydrogen-bond donors (Lipinski definition) is 0. The minimum atomic E-state index is 0.332. The Morgan fingerprint density at radius 3 is 2.44 bits per heavy atom. The van der Waals surface area contributed by atoms with Gasteiger partial charge in [0.05, 0.1) is 11.6 Å². The molecule has 1 aliphatic heterocycles. The summed E-state index contributed by atoms with van der Waals surface area (Å²) in [5.41, 5.74) is 2.46. The number of nitriles is 1. The van der Waals surface area contributed by atoms with Crippen molar-refractivity contribution in [2.75, 3.05) is 10.8 Å². The lowest BCUT2D eigenvalue weighted by molar-refractivity contribution is 0.260. The molecular weight excluding hydrogens is 258 g/mol. The van der Waals surface area contributed by atoms with Crippen molar-refractivity contribution in [2.24, 2.45) is 11.3 Å². The van der Waals surface area contributed by atoms with Crippen molar-refractivity contribution in [1.82, 2.24) is 0 Å². The zero-order chi connectivity index (χ0) is 13.2. The Morgan fingerprint density at radius 1 is 1.22 bits per heavy atom. The van der Waals surface area contributed by atoms with Gasteiger partial charge in [0.2, 0.25) is 0 Å². The minimum absolute atomic E-state index is 0.332. The molecular formula is C15H19NS2. The lowest BCUT2D eigenvalue weighted by Crippen LogP contribution is -2.30. The quantitative estimate of drug-likeness (QED) is 0.743. The minimum Gasteiger partial charge on any atom is -0.192 e. The fourth-order valence-corrected chi connectivity index (χ4v) is 5.79. The van der Waals surface area contributed by atoms with E-state index in [0.717, 1.165) is 5.56 Å². The van der Waals surface area contributed by atoms with Crippen molar-refractivity contribution in [1.29, 1.82) is 5.26 Å². The van der Waals surface area contributed by atoms with Gasteiger partial charge in [0.15, 0.2) is 0 Å². The molecule has 0 aliphatic carbocycles. The second-order valence-electron chi connectivity index (χ2n) is 5.78. The van der Waals surface area contributed by atoms with Crippen LogP contribution in [0.4, 0.5) is 0 Å². The largest absolute Gasteiger partial charge is 0.192 e. The fraction of sp³-hybridized carbons (Fsp3) is 0.533. The molecule has 2 atom stereocenters. The van der Waals surface area contributed by atoms with Crippen LogP contribution >= 0.6 is 23.5 Å². The summed E-state index contributed by atoms with van der Waals surface area (Å²) in [6.07, 6.45) is 0. The first kappa shape index (κ1) is 13.8. The first-order chi connectivity index (χ1) is 8.52. The Balaban J connectivity index is 2.25. The zero-order valence-corrected chi connectivity index (χ0v) is 12.8. The number of thioether (sulfide) groups is 2. The third kappa shape index (κ3) is 3.05. The molecule has 0 bridgehead atoms. The highest BCUT2D eigenvalue weighted by Crippen LogP contribution is 2.50. The van der Waals surface area contributed by atoms with E-state index in [1.54, 1.807) is 0 Å². The summed E-state index contributed by atoms with van der Waals surface area (Å²) in [6, 6.07) is 10.3. The second kappa shape index (κ2) is 5.59. The highest BCUT2D eigenvalue weighted by molar-refractivity contribution is 8.16. The molecule has 1 fully saturated rings. The molecule has 1 nitrogen and oxygen atoms in total. The average molecular weight is 277 g/mol. The van der Waals surface area contributed by atoms with Crippen LogP contribution in [0.5, 0.6) is 0 Å². The van der Waals surface area contributed by atoms with E-state index in [-0.39, 0.29) is 0 Å². The van der Waals surface area contributed by atoms with Crippen LogP contribution in [0.25, 0.3) is 0 Å². The summed E-state index contributed by atoms with van der Waals surface area (Å²) in [6.45, 7) is 7.00. The Kier molecular flexibility index (Phi) is 4.29. The molecule has 1 aliphatic rings. The maximum absolute atomic E-state index is 8.86. The summed E-state index contributed by atoms with van der Waals surface area (Å²) in [7, 11) is 0. The van der Waals surface area contributed by atoms with Crippen molar-refractivity contribution >= 4 is 23.5 Å². The van der Waals surface area contributed by atoms with Gasteiger partial charge in [-0.05, 0) is 34.8 Å². The van der Waals surface area contributed by atoms with Gasteiger partial charge >= 0.3 is 0 Å². The van der Waals surface area contributed by atoms with Crippen LogP contribution in [-0.2, 0) is 0 Å². The molecule has 0 aromatic heterocycles. The summed E-state index contributed by atoms with van der Waals surface area (Å²) in [5, 5.41) is 10.6. The van der Waals surface area contributed by atoms with E-state index in [1.165, 1.54) is 16.4 Å². The predicted octanol–water partition coefficient (Wildman–Crippen LogP) is 4.70. The van der Waals surface area contributed by atoms with E-state index < -0.39 is 0 Å². The van der Waals surface area contributed by atoms with Crippen LogP contribution in [0.2, 0.25) is 0 Å². The maximum Gasteiger partial charge on any atom is 0.0991 e. The maximum atomic E-state index is 8.86. The topological polar surface area (TPSA) is 23.8 Å². The lowest BCUT2D eigenvalue weighted by atomic mass is 9.78. The third-order valence-corrected chi connectivity index (χ3v) is 6.24. The molecule has 0 saturated carbocycles. The SMILES string of the molecule is CC(C)(C)C1CSCSC1c1ccc(C#N)cc1. The van der Waals surface area contributed by atoms with Gasteiger partial charge in [0.1, 0.15) is 0 Å². The molecule has 96 valence electrons. The molecule has 2 unspecified atom stereocenters. The van der Waals surface area contributed by atoms with E-state index in [2.05, 4.69) is 39.0 Å².